The van der Waals surface area contributed by atoms with E-state index in [1.165, 1.54) is 0 Å². The van der Waals surface area contributed by atoms with Gasteiger partial charge in [-0.25, -0.2) is 14.4 Å². The van der Waals surface area contributed by atoms with Crippen LogP contribution < -0.4 is 0 Å². The van der Waals surface area contributed by atoms with Crippen molar-refractivity contribution in [1.82, 2.24) is 0 Å². The molecule has 1 N–H and O–H groups in total. The van der Waals surface area contributed by atoms with Crippen LogP contribution in [0.25, 0.3) is 0 Å². The van der Waals surface area contributed by atoms with Crippen molar-refractivity contribution >= 4 is 17.9 Å². The summed E-state index contributed by atoms with van der Waals surface area (Å²) in [6.45, 7) is -0.564. The molecule has 4 rings (SSSR count). The molecule has 1 heterocycles. The van der Waals surface area contributed by atoms with Gasteiger partial charge in [0.15, 0.2) is 6.10 Å². The van der Waals surface area contributed by atoms with Crippen LogP contribution in [-0.2, 0) is 18.9 Å². The van der Waals surface area contributed by atoms with E-state index in [0.29, 0.717) is 0 Å². The molecule has 3 aromatic rings. The molecule has 0 saturated carbocycles. The summed E-state index contributed by atoms with van der Waals surface area (Å²) < 4.78 is 22.3. The van der Waals surface area contributed by atoms with E-state index in [1.807, 2.05) is 0 Å². The second-order valence-corrected chi connectivity index (χ2v) is 7.47. The zero-order valence-electron chi connectivity index (χ0n) is 18.0. The second-order valence-electron chi connectivity index (χ2n) is 7.47. The molecule has 34 heavy (non-hydrogen) atoms. The number of aliphatic hydroxyl groups excluding tert-OH is 1. The predicted octanol–water partition coefficient (Wildman–Crippen LogP) is 3.01. The van der Waals surface area contributed by atoms with Gasteiger partial charge in [0, 0.05) is 0 Å². The molecule has 0 aromatic heterocycles. The Morgan fingerprint density at radius 3 is 1.41 bits per heavy atom. The number of esters is 3. The van der Waals surface area contributed by atoms with Crippen LogP contribution in [0.2, 0.25) is 0 Å². The van der Waals surface area contributed by atoms with E-state index in [-0.39, 0.29) is 16.7 Å². The number of hydrogen-bond acceptors (Lipinski definition) is 8. The lowest BCUT2D eigenvalue weighted by atomic mass is 10.1. The molecular formula is C26H22O8. The van der Waals surface area contributed by atoms with Gasteiger partial charge < -0.3 is 24.1 Å². The summed E-state index contributed by atoms with van der Waals surface area (Å²) >= 11 is 0. The predicted molar refractivity (Wildman–Crippen MR) is 119 cm³/mol. The number of aliphatic hydroxyl groups is 1. The van der Waals surface area contributed by atoms with Crippen molar-refractivity contribution in [1.29, 1.82) is 0 Å². The Bertz CT molecular complexity index is 1120. The average molecular weight is 462 g/mol. The van der Waals surface area contributed by atoms with Gasteiger partial charge in [-0.2, -0.15) is 0 Å². The smallest absolute Gasteiger partial charge is 0.340 e. The van der Waals surface area contributed by atoms with Crippen molar-refractivity contribution in [3.63, 3.8) is 0 Å². The molecule has 1 aliphatic heterocycles. The van der Waals surface area contributed by atoms with Gasteiger partial charge in [0.25, 0.3) is 0 Å². The molecule has 1 fully saturated rings. The number of carbonyl (C=O) groups excluding carboxylic acids is 3. The Labute approximate surface area is 195 Å². The SMILES string of the molecule is O=C(O[C@@H]1O[C@H](CO)[C@@H](OC(=O)c2ccccc2)[C@H]1OC(=O)c1ccccc1)c1ccccc1. The fraction of sp³-hybridized carbons (Fsp3) is 0.192. The topological polar surface area (TPSA) is 108 Å². The third-order valence-corrected chi connectivity index (χ3v) is 5.19. The maximum absolute atomic E-state index is 12.8. The molecule has 0 amide bonds. The van der Waals surface area contributed by atoms with Gasteiger partial charge in [0.2, 0.25) is 12.4 Å². The Morgan fingerprint density at radius 2 is 1.00 bits per heavy atom. The Morgan fingerprint density at radius 1 is 0.618 bits per heavy atom. The monoisotopic (exact) mass is 462 g/mol. The summed E-state index contributed by atoms with van der Waals surface area (Å²) in [5.74, 6) is -2.16. The van der Waals surface area contributed by atoms with Crippen LogP contribution in [0.4, 0.5) is 0 Å². The molecule has 1 saturated heterocycles. The van der Waals surface area contributed by atoms with E-state index in [0.717, 1.165) is 0 Å². The Kier molecular flexibility index (Phi) is 7.31. The highest BCUT2D eigenvalue weighted by Gasteiger charge is 2.51. The van der Waals surface area contributed by atoms with Crippen LogP contribution in [-0.4, -0.2) is 54.2 Å². The van der Waals surface area contributed by atoms with Crippen molar-refractivity contribution in [3.05, 3.63) is 108 Å². The number of carbonyl (C=O) groups is 3. The molecule has 174 valence electrons. The highest BCUT2D eigenvalue weighted by Crippen LogP contribution is 2.30. The molecule has 4 atom stereocenters. The van der Waals surface area contributed by atoms with Gasteiger partial charge in [-0.3, -0.25) is 0 Å². The summed E-state index contributed by atoms with van der Waals surface area (Å²) in [6.07, 6.45) is -5.04. The van der Waals surface area contributed by atoms with Gasteiger partial charge in [0.05, 0.1) is 23.3 Å². The van der Waals surface area contributed by atoms with Crippen molar-refractivity contribution in [3.8, 4) is 0 Å². The summed E-state index contributed by atoms with van der Waals surface area (Å²) in [7, 11) is 0. The molecule has 3 aromatic carbocycles. The maximum atomic E-state index is 12.8. The zero-order valence-corrected chi connectivity index (χ0v) is 18.0. The highest BCUT2D eigenvalue weighted by molar-refractivity contribution is 5.91. The third kappa shape index (κ3) is 5.31. The first-order valence-corrected chi connectivity index (χ1v) is 10.6. The fourth-order valence-electron chi connectivity index (χ4n) is 3.48. The molecule has 0 aliphatic carbocycles. The van der Waals surface area contributed by atoms with Crippen molar-refractivity contribution in [2.24, 2.45) is 0 Å². The fourth-order valence-corrected chi connectivity index (χ4v) is 3.48. The summed E-state index contributed by atoms with van der Waals surface area (Å²) in [6, 6.07) is 24.6. The molecule has 0 unspecified atom stereocenters. The van der Waals surface area contributed by atoms with E-state index < -0.39 is 49.1 Å². The van der Waals surface area contributed by atoms with Gasteiger partial charge in [-0.05, 0) is 36.4 Å². The normalized spacial score (nSPS) is 21.4. The van der Waals surface area contributed by atoms with E-state index in [2.05, 4.69) is 0 Å². The lowest BCUT2D eigenvalue weighted by molar-refractivity contribution is -0.141. The zero-order chi connectivity index (χ0) is 23.9. The van der Waals surface area contributed by atoms with Crippen LogP contribution in [0, 0.1) is 0 Å². The molecule has 8 nitrogen and oxygen atoms in total. The second kappa shape index (κ2) is 10.7. The maximum Gasteiger partial charge on any atom is 0.340 e. The Balaban J connectivity index is 1.59. The van der Waals surface area contributed by atoms with Crippen molar-refractivity contribution in [2.45, 2.75) is 24.6 Å². The molecule has 0 bridgehead atoms. The third-order valence-electron chi connectivity index (χ3n) is 5.19. The minimum atomic E-state index is -1.41. The first-order chi connectivity index (χ1) is 16.6. The first kappa shape index (κ1) is 23.2. The number of benzene rings is 3. The first-order valence-electron chi connectivity index (χ1n) is 10.6. The van der Waals surface area contributed by atoms with Crippen molar-refractivity contribution < 1.29 is 38.4 Å². The highest BCUT2D eigenvalue weighted by atomic mass is 16.7. The van der Waals surface area contributed by atoms with Crippen LogP contribution in [0.1, 0.15) is 31.1 Å². The average Bonchev–Trinajstić information content (AvgIpc) is 3.20. The van der Waals surface area contributed by atoms with Crippen LogP contribution in [0.3, 0.4) is 0 Å². The van der Waals surface area contributed by atoms with Crippen LogP contribution in [0.15, 0.2) is 91.0 Å². The van der Waals surface area contributed by atoms with E-state index in [1.54, 1.807) is 91.0 Å². The van der Waals surface area contributed by atoms with E-state index in [9.17, 15) is 19.5 Å². The summed E-state index contributed by atoms with van der Waals surface area (Å²) in [5.41, 5.74) is 0.762. The van der Waals surface area contributed by atoms with Crippen LogP contribution >= 0.6 is 0 Å². The lowest BCUT2D eigenvalue weighted by Crippen LogP contribution is -2.42. The largest absolute Gasteiger partial charge is 0.452 e. The number of ether oxygens (including phenoxy) is 4. The molecule has 8 heteroatoms. The molecule has 0 radical (unpaired) electrons. The summed E-state index contributed by atoms with van der Waals surface area (Å²) in [4.78, 5) is 38.1. The van der Waals surface area contributed by atoms with Gasteiger partial charge in [-0.1, -0.05) is 54.6 Å². The van der Waals surface area contributed by atoms with Gasteiger partial charge >= 0.3 is 17.9 Å². The standard InChI is InChI=1S/C26H22O8/c27-16-20-21(32-23(28)17-10-4-1-5-11-17)22(33-24(29)18-12-6-2-7-13-18)26(31-20)34-25(30)19-14-8-3-9-15-19/h1-15,20-22,26-27H,16H2/t20-,21-,22-,26+/m1/s1. The molecule has 0 spiro atoms. The summed E-state index contributed by atoms with van der Waals surface area (Å²) in [5, 5.41) is 9.86. The van der Waals surface area contributed by atoms with E-state index >= 15 is 0 Å². The molecule has 1 aliphatic rings. The van der Waals surface area contributed by atoms with Gasteiger partial charge in [0.1, 0.15) is 6.10 Å². The van der Waals surface area contributed by atoms with E-state index in [4.69, 9.17) is 18.9 Å². The number of rotatable bonds is 7. The van der Waals surface area contributed by atoms with Gasteiger partial charge in [-0.15, -0.1) is 0 Å². The lowest BCUT2D eigenvalue weighted by Gasteiger charge is -2.23. The molecular weight excluding hydrogens is 440 g/mol. The minimum Gasteiger partial charge on any atom is -0.452 e. The minimum absolute atomic E-state index is 0.247. The Hall–Kier alpha value is -4.01. The van der Waals surface area contributed by atoms with Crippen molar-refractivity contribution in [2.75, 3.05) is 6.61 Å². The quantitative estimate of drug-likeness (QED) is 0.422. The number of hydrogen-bond donors (Lipinski definition) is 1. The van der Waals surface area contributed by atoms with Crippen LogP contribution in [0.5, 0.6) is 0 Å².